The molecule has 0 aliphatic carbocycles. The van der Waals surface area contributed by atoms with E-state index in [1.807, 2.05) is 13.8 Å². The molecule has 1 fully saturated rings. The molecule has 1 saturated heterocycles. The van der Waals surface area contributed by atoms with Gasteiger partial charge in [0.05, 0.1) is 5.54 Å². The lowest BCUT2D eigenvalue weighted by Crippen LogP contribution is -2.59. The summed E-state index contributed by atoms with van der Waals surface area (Å²) >= 11 is 0. The Balaban J connectivity index is 2.67. The molecule has 1 aliphatic heterocycles. The van der Waals surface area contributed by atoms with Gasteiger partial charge in [-0.15, -0.1) is 0 Å². The third-order valence-corrected chi connectivity index (χ3v) is 3.46. The van der Waals surface area contributed by atoms with Gasteiger partial charge in [0.25, 0.3) is 0 Å². The number of hydrogen-bond donors (Lipinski definition) is 3. The number of nitrogens with zero attached hydrogens (tertiary/aromatic N) is 1. The Morgan fingerprint density at radius 2 is 1.88 bits per heavy atom. The second-order valence-corrected chi connectivity index (χ2v) is 4.33. The first kappa shape index (κ1) is 12.8. The zero-order valence-electron chi connectivity index (χ0n) is 10.2. The molecule has 0 bridgehead atoms. The molecule has 1 aliphatic rings. The van der Waals surface area contributed by atoms with Gasteiger partial charge in [0, 0.05) is 13.1 Å². The molecule has 0 aromatic carbocycles. The Kier molecular flexibility index (Phi) is 4.15. The lowest BCUT2D eigenvalue weighted by Gasteiger charge is -2.33. The van der Waals surface area contributed by atoms with E-state index in [4.69, 9.17) is 11.1 Å². The summed E-state index contributed by atoms with van der Waals surface area (Å²) in [7, 11) is 0. The van der Waals surface area contributed by atoms with Crippen LogP contribution in [0.5, 0.6) is 0 Å². The van der Waals surface area contributed by atoms with Crippen LogP contribution in [0.4, 0.5) is 4.79 Å². The van der Waals surface area contributed by atoms with Gasteiger partial charge < -0.3 is 16.0 Å². The normalized spacial score (nSPS) is 16.2. The number of urea groups is 1. The fourth-order valence-corrected chi connectivity index (χ4v) is 2.08. The van der Waals surface area contributed by atoms with E-state index in [1.165, 1.54) is 0 Å². The first-order valence-corrected chi connectivity index (χ1v) is 5.97. The summed E-state index contributed by atoms with van der Waals surface area (Å²) in [6.07, 6.45) is 3.44. The monoisotopic (exact) mass is 226 g/mol. The van der Waals surface area contributed by atoms with Gasteiger partial charge in [-0.1, -0.05) is 13.8 Å². The van der Waals surface area contributed by atoms with Crippen LogP contribution in [0.1, 0.15) is 39.5 Å². The van der Waals surface area contributed by atoms with E-state index in [0.717, 1.165) is 25.9 Å². The van der Waals surface area contributed by atoms with Crippen molar-refractivity contribution < 1.29 is 4.79 Å². The number of hydrogen-bond acceptors (Lipinski definition) is 2. The minimum atomic E-state index is -0.667. The Labute approximate surface area is 96.9 Å². The van der Waals surface area contributed by atoms with Crippen molar-refractivity contribution in [2.45, 2.75) is 45.1 Å². The maximum atomic E-state index is 11.9. The van der Waals surface area contributed by atoms with Crippen LogP contribution in [-0.4, -0.2) is 35.4 Å². The maximum Gasteiger partial charge on any atom is 0.318 e. The fraction of sp³-hybridized carbons (Fsp3) is 0.818. The van der Waals surface area contributed by atoms with E-state index in [9.17, 15) is 4.79 Å². The lowest BCUT2D eigenvalue weighted by molar-refractivity contribution is 0.198. The highest BCUT2D eigenvalue weighted by Crippen LogP contribution is 2.16. The van der Waals surface area contributed by atoms with Crippen molar-refractivity contribution in [2.24, 2.45) is 5.73 Å². The highest BCUT2D eigenvalue weighted by atomic mass is 16.2. The van der Waals surface area contributed by atoms with Crippen molar-refractivity contribution in [2.75, 3.05) is 13.1 Å². The molecule has 1 rings (SSSR count). The molecule has 0 unspecified atom stereocenters. The van der Waals surface area contributed by atoms with E-state index in [1.54, 1.807) is 4.90 Å². The zero-order chi connectivity index (χ0) is 12.2. The van der Waals surface area contributed by atoms with Crippen LogP contribution < -0.4 is 11.1 Å². The summed E-state index contributed by atoms with van der Waals surface area (Å²) in [5.41, 5.74) is 4.92. The van der Waals surface area contributed by atoms with Gasteiger partial charge in [-0.25, -0.2) is 4.79 Å². The maximum absolute atomic E-state index is 11.9. The minimum absolute atomic E-state index is 0.0463. The summed E-state index contributed by atoms with van der Waals surface area (Å²) in [6, 6.07) is -0.0867. The zero-order valence-corrected chi connectivity index (χ0v) is 10.2. The number of amidine groups is 1. The first-order valence-electron chi connectivity index (χ1n) is 5.97. The van der Waals surface area contributed by atoms with Crippen molar-refractivity contribution >= 4 is 11.9 Å². The molecule has 1 heterocycles. The molecule has 92 valence electrons. The molecule has 0 radical (unpaired) electrons. The van der Waals surface area contributed by atoms with Crippen molar-refractivity contribution in [1.29, 1.82) is 5.41 Å². The van der Waals surface area contributed by atoms with Crippen LogP contribution in [0.2, 0.25) is 0 Å². The molecule has 5 nitrogen and oxygen atoms in total. The van der Waals surface area contributed by atoms with Gasteiger partial charge >= 0.3 is 6.03 Å². The third-order valence-electron chi connectivity index (χ3n) is 3.46. The second kappa shape index (κ2) is 5.18. The van der Waals surface area contributed by atoms with Gasteiger partial charge in [0.1, 0.15) is 5.84 Å². The first-order chi connectivity index (χ1) is 7.55. The molecular formula is C11H22N4O. The van der Waals surface area contributed by atoms with Gasteiger partial charge in [0.15, 0.2) is 0 Å². The molecule has 16 heavy (non-hydrogen) atoms. The van der Waals surface area contributed by atoms with Crippen LogP contribution in [0.25, 0.3) is 0 Å². The molecule has 0 aromatic rings. The van der Waals surface area contributed by atoms with E-state index >= 15 is 0 Å². The van der Waals surface area contributed by atoms with Gasteiger partial charge in [0.2, 0.25) is 0 Å². The van der Waals surface area contributed by atoms with E-state index in [2.05, 4.69) is 5.32 Å². The van der Waals surface area contributed by atoms with E-state index in [-0.39, 0.29) is 11.9 Å². The average Bonchev–Trinajstić information content (AvgIpc) is 2.78. The van der Waals surface area contributed by atoms with Gasteiger partial charge in [-0.05, 0) is 25.7 Å². The number of nitrogens with one attached hydrogen (secondary N) is 2. The van der Waals surface area contributed by atoms with Crippen LogP contribution in [-0.2, 0) is 0 Å². The lowest BCUT2D eigenvalue weighted by atomic mass is 9.91. The van der Waals surface area contributed by atoms with Crippen molar-refractivity contribution in [3.05, 3.63) is 0 Å². The molecule has 2 amide bonds. The Morgan fingerprint density at radius 1 is 1.38 bits per heavy atom. The Bertz CT molecular complexity index is 267. The molecule has 0 atom stereocenters. The van der Waals surface area contributed by atoms with Gasteiger partial charge in [-0.3, -0.25) is 5.41 Å². The predicted octanol–water partition coefficient (Wildman–Crippen LogP) is 1.29. The SMILES string of the molecule is CCC(CC)(NC(=O)N1CCCC1)C(=N)N. The topological polar surface area (TPSA) is 82.2 Å². The number of nitrogens with two attached hydrogens (primary N) is 1. The number of rotatable bonds is 4. The smallest absolute Gasteiger partial charge is 0.318 e. The second-order valence-electron chi connectivity index (χ2n) is 4.33. The number of amides is 2. The van der Waals surface area contributed by atoms with Crippen LogP contribution in [0.15, 0.2) is 0 Å². The number of carbonyl (C=O) groups is 1. The molecule has 4 N–H and O–H groups in total. The molecule has 5 heteroatoms. The summed E-state index contributed by atoms with van der Waals surface area (Å²) in [6.45, 7) is 5.50. The van der Waals surface area contributed by atoms with Crippen LogP contribution in [0.3, 0.4) is 0 Å². The predicted molar refractivity (Wildman–Crippen MR) is 64.6 cm³/mol. The molecule has 0 aromatic heterocycles. The molecule has 0 spiro atoms. The number of carbonyl (C=O) groups excluding carboxylic acids is 1. The summed E-state index contributed by atoms with van der Waals surface area (Å²) in [5.74, 6) is 0.0463. The Hall–Kier alpha value is -1.26. The van der Waals surface area contributed by atoms with Gasteiger partial charge in [-0.2, -0.15) is 0 Å². The van der Waals surface area contributed by atoms with E-state index in [0.29, 0.717) is 12.8 Å². The number of likely N-dealkylation sites (tertiary alicyclic amines) is 1. The quantitative estimate of drug-likeness (QED) is 0.498. The summed E-state index contributed by atoms with van der Waals surface area (Å²) in [4.78, 5) is 13.7. The largest absolute Gasteiger partial charge is 0.386 e. The summed E-state index contributed by atoms with van der Waals surface area (Å²) < 4.78 is 0. The molecular weight excluding hydrogens is 204 g/mol. The fourth-order valence-electron chi connectivity index (χ4n) is 2.08. The third kappa shape index (κ3) is 2.46. The molecule has 0 saturated carbocycles. The van der Waals surface area contributed by atoms with Crippen LogP contribution in [0, 0.1) is 5.41 Å². The van der Waals surface area contributed by atoms with Crippen LogP contribution >= 0.6 is 0 Å². The van der Waals surface area contributed by atoms with E-state index < -0.39 is 5.54 Å². The highest BCUT2D eigenvalue weighted by molar-refractivity contribution is 5.91. The highest BCUT2D eigenvalue weighted by Gasteiger charge is 2.33. The van der Waals surface area contributed by atoms with Crippen molar-refractivity contribution in [3.8, 4) is 0 Å². The standard InChI is InChI=1S/C11H22N4O/c1-3-11(4-2,9(12)13)14-10(16)15-7-5-6-8-15/h3-8H2,1-2H3,(H3,12,13)(H,14,16). The van der Waals surface area contributed by atoms with Crippen molar-refractivity contribution in [1.82, 2.24) is 10.2 Å². The summed E-state index contributed by atoms with van der Waals surface area (Å²) in [5, 5.41) is 10.5. The Morgan fingerprint density at radius 3 is 2.25 bits per heavy atom. The van der Waals surface area contributed by atoms with Crippen molar-refractivity contribution in [3.63, 3.8) is 0 Å². The average molecular weight is 226 g/mol. The minimum Gasteiger partial charge on any atom is -0.386 e.